The molecule has 0 amide bonds. The Labute approximate surface area is 159 Å². The van der Waals surface area contributed by atoms with Gasteiger partial charge in [-0.1, -0.05) is 30.1 Å². The maximum Gasteiger partial charge on any atom is 0.163 e. The quantitative estimate of drug-likeness (QED) is 0.606. The molecule has 0 saturated heterocycles. The Morgan fingerprint density at radius 2 is 1.84 bits per heavy atom. The second kappa shape index (κ2) is 7.13. The van der Waals surface area contributed by atoms with Gasteiger partial charge < -0.3 is 4.90 Å². The largest absolute Gasteiger partial charge is 0.353 e. The summed E-state index contributed by atoms with van der Waals surface area (Å²) in [5, 5.41) is 1.22. The Balaban J connectivity index is 1.68. The zero-order valence-corrected chi connectivity index (χ0v) is 16.0. The molecular weight excluding hydrogens is 353 g/mol. The fourth-order valence-corrected chi connectivity index (χ4v) is 4.23. The fourth-order valence-electron chi connectivity index (χ4n) is 3.74. The molecule has 2 aliphatic carbocycles. The Morgan fingerprint density at radius 1 is 1.12 bits per heavy atom. The minimum absolute atomic E-state index is 0.590. The van der Waals surface area contributed by atoms with Crippen LogP contribution in [0.4, 0.5) is 5.82 Å². The number of anilines is 1. The summed E-state index contributed by atoms with van der Waals surface area (Å²) in [6.45, 7) is 3.28. The SMILES string of the molecule is CCCN(c1ccnc(-c2ccc(Cl)cc2Cl)n1)C(C1CC1)C1CC1. The van der Waals surface area contributed by atoms with Crippen molar-refractivity contribution < 1.29 is 0 Å². The highest BCUT2D eigenvalue weighted by Gasteiger charge is 2.44. The van der Waals surface area contributed by atoms with Gasteiger partial charge in [-0.05, 0) is 68.2 Å². The fraction of sp³-hybridized carbons (Fsp3) is 0.500. The van der Waals surface area contributed by atoms with Crippen LogP contribution in [0.5, 0.6) is 0 Å². The number of benzene rings is 1. The first-order chi connectivity index (χ1) is 12.2. The van der Waals surface area contributed by atoms with Gasteiger partial charge in [-0.15, -0.1) is 0 Å². The molecule has 0 spiro atoms. The van der Waals surface area contributed by atoms with Crippen molar-refractivity contribution >= 4 is 29.0 Å². The molecule has 1 aromatic carbocycles. The van der Waals surface area contributed by atoms with E-state index >= 15 is 0 Å². The molecule has 0 bridgehead atoms. The van der Waals surface area contributed by atoms with Crippen LogP contribution >= 0.6 is 23.2 Å². The van der Waals surface area contributed by atoms with E-state index in [1.54, 1.807) is 6.07 Å². The normalized spacial score (nSPS) is 17.1. The third kappa shape index (κ3) is 3.78. The molecule has 2 fully saturated rings. The Kier molecular flexibility index (Phi) is 4.88. The van der Waals surface area contributed by atoms with Gasteiger partial charge in [-0.2, -0.15) is 0 Å². The molecule has 0 N–H and O–H groups in total. The molecule has 2 aromatic rings. The molecule has 0 radical (unpaired) electrons. The Bertz CT molecular complexity index is 744. The number of rotatable bonds is 7. The van der Waals surface area contributed by atoms with Gasteiger partial charge in [0.25, 0.3) is 0 Å². The predicted molar refractivity (Wildman–Crippen MR) is 104 cm³/mol. The maximum absolute atomic E-state index is 6.36. The molecule has 2 saturated carbocycles. The highest BCUT2D eigenvalue weighted by atomic mass is 35.5. The average Bonchev–Trinajstić information content (AvgIpc) is 3.49. The zero-order valence-electron chi connectivity index (χ0n) is 14.5. The van der Waals surface area contributed by atoms with Crippen LogP contribution in [0, 0.1) is 11.8 Å². The van der Waals surface area contributed by atoms with Gasteiger partial charge in [0.2, 0.25) is 0 Å². The molecule has 0 atom stereocenters. The van der Waals surface area contributed by atoms with E-state index in [4.69, 9.17) is 28.2 Å². The molecule has 1 heterocycles. The summed E-state index contributed by atoms with van der Waals surface area (Å²) >= 11 is 12.4. The predicted octanol–water partition coefficient (Wildman–Crippen LogP) is 5.86. The van der Waals surface area contributed by atoms with Gasteiger partial charge in [-0.3, -0.25) is 0 Å². The second-order valence-corrected chi connectivity index (χ2v) is 8.07. The van der Waals surface area contributed by atoms with Crippen LogP contribution in [0.15, 0.2) is 30.5 Å². The van der Waals surface area contributed by atoms with Crippen molar-refractivity contribution in [2.75, 3.05) is 11.4 Å². The average molecular weight is 376 g/mol. The monoisotopic (exact) mass is 375 g/mol. The molecule has 5 heteroatoms. The van der Waals surface area contributed by atoms with E-state index in [0.29, 0.717) is 21.9 Å². The first kappa shape index (κ1) is 17.1. The summed E-state index contributed by atoms with van der Waals surface area (Å²) in [6, 6.07) is 8.16. The second-order valence-electron chi connectivity index (χ2n) is 7.22. The summed E-state index contributed by atoms with van der Waals surface area (Å²) in [5.74, 6) is 3.39. The van der Waals surface area contributed by atoms with Crippen molar-refractivity contribution in [2.24, 2.45) is 11.8 Å². The molecule has 132 valence electrons. The summed E-state index contributed by atoms with van der Waals surface area (Å²) in [4.78, 5) is 11.9. The lowest BCUT2D eigenvalue weighted by atomic mass is 10.0. The zero-order chi connectivity index (χ0) is 17.4. The lowest BCUT2D eigenvalue weighted by molar-refractivity contribution is 0.473. The van der Waals surface area contributed by atoms with E-state index in [9.17, 15) is 0 Å². The van der Waals surface area contributed by atoms with Crippen molar-refractivity contribution in [3.05, 3.63) is 40.5 Å². The van der Waals surface area contributed by atoms with Crippen molar-refractivity contribution in [1.82, 2.24) is 9.97 Å². The van der Waals surface area contributed by atoms with Crippen molar-refractivity contribution in [3.8, 4) is 11.4 Å². The van der Waals surface area contributed by atoms with Crippen molar-refractivity contribution in [3.63, 3.8) is 0 Å². The van der Waals surface area contributed by atoms with Gasteiger partial charge in [0.05, 0.1) is 5.02 Å². The molecule has 1 aromatic heterocycles. The number of hydrogen-bond acceptors (Lipinski definition) is 3. The van der Waals surface area contributed by atoms with Crippen LogP contribution in [0.2, 0.25) is 10.0 Å². The first-order valence-electron chi connectivity index (χ1n) is 9.22. The number of nitrogens with zero attached hydrogens (tertiary/aromatic N) is 3. The van der Waals surface area contributed by atoms with Crippen molar-refractivity contribution in [2.45, 2.75) is 45.1 Å². The molecule has 25 heavy (non-hydrogen) atoms. The minimum Gasteiger partial charge on any atom is -0.353 e. The Morgan fingerprint density at radius 3 is 2.44 bits per heavy atom. The van der Waals surface area contributed by atoms with Gasteiger partial charge in [0, 0.05) is 29.4 Å². The van der Waals surface area contributed by atoms with E-state index in [1.165, 1.54) is 25.7 Å². The summed E-state index contributed by atoms with van der Waals surface area (Å²) in [7, 11) is 0. The van der Waals surface area contributed by atoms with Gasteiger partial charge in [0.1, 0.15) is 5.82 Å². The van der Waals surface area contributed by atoms with E-state index in [0.717, 1.165) is 36.2 Å². The lowest BCUT2D eigenvalue weighted by Crippen LogP contribution is -2.40. The topological polar surface area (TPSA) is 29.0 Å². The third-order valence-electron chi connectivity index (χ3n) is 5.14. The van der Waals surface area contributed by atoms with E-state index in [2.05, 4.69) is 16.8 Å². The van der Waals surface area contributed by atoms with Crippen molar-refractivity contribution in [1.29, 1.82) is 0 Å². The van der Waals surface area contributed by atoms with Crippen LogP contribution in [0.1, 0.15) is 39.0 Å². The standard InChI is InChI=1S/C20H23Cl2N3/c1-2-11-25(19(13-3-4-13)14-5-6-14)18-9-10-23-20(24-18)16-8-7-15(21)12-17(16)22/h7-10,12-14,19H,2-6,11H2,1H3. The molecule has 3 nitrogen and oxygen atoms in total. The van der Waals surface area contributed by atoms with Crippen LogP contribution in [0.25, 0.3) is 11.4 Å². The van der Waals surface area contributed by atoms with Crippen LogP contribution < -0.4 is 4.90 Å². The van der Waals surface area contributed by atoms with Gasteiger partial charge >= 0.3 is 0 Å². The summed E-state index contributed by atoms with van der Waals surface area (Å²) < 4.78 is 0. The maximum atomic E-state index is 6.36. The molecule has 0 unspecified atom stereocenters. The minimum atomic E-state index is 0.590. The number of aromatic nitrogens is 2. The van der Waals surface area contributed by atoms with E-state index in [-0.39, 0.29) is 0 Å². The Hall–Kier alpha value is -1.32. The summed E-state index contributed by atoms with van der Waals surface area (Å²) in [6.07, 6.45) is 8.43. The lowest BCUT2D eigenvalue weighted by Gasteiger charge is -2.33. The first-order valence-corrected chi connectivity index (χ1v) is 9.98. The van der Waals surface area contributed by atoms with E-state index in [1.807, 2.05) is 24.4 Å². The van der Waals surface area contributed by atoms with Crippen LogP contribution in [0.3, 0.4) is 0 Å². The molecular formula is C20H23Cl2N3. The molecule has 0 aliphatic heterocycles. The summed E-state index contributed by atoms with van der Waals surface area (Å²) in [5.41, 5.74) is 0.832. The van der Waals surface area contributed by atoms with Gasteiger partial charge in [0.15, 0.2) is 5.82 Å². The molecule has 4 rings (SSSR count). The third-order valence-corrected chi connectivity index (χ3v) is 5.69. The number of halogens is 2. The smallest absolute Gasteiger partial charge is 0.163 e. The molecule has 2 aliphatic rings. The highest BCUT2D eigenvalue weighted by Crippen LogP contribution is 2.48. The van der Waals surface area contributed by atoms with Crippen LogP contribution in [-0.4, -0.2) is 22.6 Å². The van der Waals surface area contributed by atoms with E-state index < -0.39 is 0 Å². The highest BCUT2D eigenvalue weighted by molar-refractivity contribution is 6.36. The number of hydrogen-bond donors (Lipinski definition) is 0. The van der Waals surface area contributed by atoms with Gasteiger partial charge in [-0.25, -0.2) is 9.97 Å². The van der Waals surface area contributed by atoms with Crippen LogP contribution in [-0.2, 0) is 0 Å².